The van der Waals surface area contributed by atoms with Crippen LogP contribution in [-0.2, 0) is 4.74 Å². The van der Waals surface area contributed by atoms with Crippen LogP contribution in [0.3, 0.4) is 0 Å². The van der Waals surface area contributed by atoms with Crippen molar-refractivity contribution in [3.63, 3.8) is 0 Å². The second kappa shape index (κ2) is 2.86. The first kappa shape index (κ1) is 9.21. The molecule has 0 bridgehead atoms. The third kappa shape index (κ3) is 2.12. The molecule has 0 spiro atoms. The van der Waals surface area contributed by atoms with E-state index in [0.717, 1.165) is 12.8 Å². The molecule has 1 rings (SSSR count). The van der Waals surface area contributed by atoms with Crippen LogP contribution in [0.4, 0.5) is 0 Å². The van der Waals surface area contributed by atoms with Gasteiger partial charge < -0.3 is 10.5 Å². The molecule has 0 amide bonds. The third-order valence-electron chi connectivity index (χ3n) is 1.72. The molecule has 3 heteroatoms. The molecular formula is C6H14ClNO. The Balaban J connectivity index is 0.000000640. The molecule has 9 heavy (non-hydrogen) atoms. The number of ether oxygens (including phenoxy) is 1. The molecule has 56 valence electrons. The Morgan fingerprint density at radius 2 is 2.00 bits per heavy atom. The number of nitrogens with two attached hydrogens (primary N) is 1. The van der Waals surface area contributed by atoms with Crippen molar-refractivity contribution in [2.75, 3.05) is 7.11 Å². The van der Waals surface area contributed by atoms with E-state index in [1.807, 2.05) is 0 Å². The van der Waals surface area contributed by atoms with Crippen LogP contribution in [0, 0.1) is 0 Å². The van der Waals surface area contributed by atoms with Gasteiger partial charge in [-0.2, -0.15) is 0 Å². The molecule has 0 aromatic rings. The van der Waals surface area contributed by atoms with Gasteiger partial charge in [0.05, 0.1) is 6.10 Å². The lowest BCUT2D eigenvalue weighted by Crippen LogP contribution is -2.52. The van der Waals surface area contributed by atoms with Crippen LogP contribution in [0.1, 0.15) is 19.8 Å². The normalized spacial score (nSPS) is 41.0. The predicted octanol–water partition coefficient (Wildman–Crippen LogP) is 0.934. The van der Waals surface area contributed by atoms with Crippen LogP contribution in [0.15, 0.2) is 0 Å². The lowest BCUT2D eigenvalue weighted by atomic mass is 9.77. The Kier molecular flexibility index (Phi) is 2.93. The smallest absolute Gasteiger partial charge is 0.0606 e. The van der Waals surface area contributed by atoms with Crippen LogP contribution in [0.5, 0.6) is 0 Å². The van der Waals surface area contributed by atoms with Crippen LogP contribution in [0.2, 0.25) is 0 Å². The standard InChI is InChI=1S/C6H13NO.ClH/c1-6(7)3-5(4-6)8-2;/h5H,3-4,7H2,1-2H3;1H. The van der Waals surface area contributed by atoms with E-state index in [1.165, 1.54) is 0 Å². The topological polar surface area (TPSA) is 35.2 Å². The van der Waals surface area contributed by atoms with Gasteiger partial charge in [0.1, 0.15) is 0 Å². The van der Waals surface area contributed by atoms with E-state index in [0.29, 0.717) is 6.10 Å². The first-order chi connectivity index (χ1) is 3.64. The molecule has 0 aromatic carbocycles. The summed E-state index contributed by atoms with van der Waals surface area (Å²) in [6, 6.07) is 0. The summed E-state index contributed by atoms with van der Waals surface area (Å²) >= 11 is 0. The van der Waals surface area contributed by atoms with Gasteiger partial charge in [-0.25, -0.2) is 0 Å². The number of hydrogen-bond acceptors (Lipinski definition) is 2. The summed E-state index contributed by atoms with van der Waals surface area (Å²) in [7, 11) is 1.74. The molecule has 0 aliphatic heterocycles. The van der Waals surface area contributed by atoms with Gasteiger partial charge in [-0.15, -0.1) is 12.4 Å². The largest absolute Gasteiger partial charge is 0.381 e. The van der Waals surface area contributed by atoms with E-state index in [4.69, 9.17) is 10.5 Å². The van der Waals surface area contributed by atoms with Crippen molar-refractivity contribution in [1.29, 1.82) is 0 Å². The van der Waals surface area contributed by atoms with Crippen LogP contribution < -0.4 is 5.73 Å². The van der Waals surface area contributed by atoms with Crippen molar-refractivity contribution in [3.8, 4) is 0 Å². The maximum atomic E-state index is 5.71. The van der Waals surface area contributed by atoms with E-state index in [-0.39, 0.29) is 17.9 Å². The predicted molar refractivity (Wildman–Crippen MR) is 39.9 cm³/mol. The first-order valence-corrected chi connectivity index (χ1v) is 2.96. The third-order valence-corrected chi connectivity index (χ3v) is 1.72. The van der Waals surface area contributed by atoms with E-state index in [1.54, 1.807) is 7.11 Å². The molecule has 0 heterocycles. The molecule has 0 aromatic heterocycles. The maximum absolute atomic E-state index is 5.71. The zero-order valence-electron chi connectivity index (χ0n) is 5.89. The van der Waals surface area contributed by atoms with E-state index >= 15 is 0 Å². The molecule has 2 N–H and O–H groups in total. The molecular weight excluding hydrogens is 138 g/mol. The van der Waals surface area contributed by atoms with Gasteiger partial charge in [0.2, 0.25) is 0 Å². The van der Waals surface area contributed by atoms with Crippen LogP contribution in [0.25, 0.3) is 0 Å². The molecule has 1 aliphatic rings. The monoisotopic (exact) mass is 151 g/mol. The highest BCUT2D eigenvalue weighted by Gasteiger charge is 2.36. The summed E-state index contributed by atoms with van der Waals surface area (Å²) < 4.78 is 5.04. The summed E-state index contributed by atoms with van der Waals surface area (Å²) in [6.07, 6.45) is 2.47. The van der Waals surface area contributed by atoms with Gasteiger partial charge in [-0.05, 0) is 19.8 Å². The molecule has 1 fully saturated rings. The highest BCUT2D eigenvalue weighted by Crippen LogP contribution is 2.30. The summed E-state index contributed by atoms with van der Waals surface area (Å²) in [5, 5.41) is 0. The van der Waals surface area contributed by atoms with Gasteiger partial charge in [-0.1, -0.05) is 0 Å². The van der Waals surface area contributed by atoms with Gasteiger partial charge in [0, 0.05) is 12.6 Å². The van der Waals surface area contributed by atoms with Crippen molar-refractivity contribution < 1.29 is 4.74 Å². The van der Waals surface area contributed by atoms with E-state index < -0.39 is 0 Å². The minimum absolute atomic E-state index is 0. The molecule has 0 saturated heterocycles. The molecule has 0 unspecified atom stereocenters. The summed E-state index contributed by atoms with van der Waals surface area (Å²) in [6.45, 7) is 2.06. The highest BCUT2D eigenvalue weighted by molar-refractivity contribution is 5.85. The SMILES string of the molecule is COC1CC(C)(N)C1.Cl. The molecule has 2 nitrogen and oxygen atoms in total. The van der Waals surface area contributed by atoms with Crippen LogP contribution in [-0.4, -0.2) is 18.8 Å². The van der Waals surface area contributed by atoms with Crippen molar-refractivity contribution in [2.45, 2.75) is 31.4 Å². The average molecular weight is 152 g/mol. The number of rotatable bonds is 1. The first-order valence-electron chi connectivity index (χ1n) is 2.96. The Hall–Kier alpha value is 0.210. The molecule has 1 aliphatic carbocycles. The highest BCUT2D eigenvalue weighted by atomic mass is 35.5. The lowest BCUT2D eigenvalue weighted by molar-refractivity contribution is -0.00683. The zero-order valence-corrected chi connectivity index (χ0v) is 6.70. The zero-order chi connectivity index (χ0) is 6.20. The Labute approximate surface area is 62.2 Å². The van der Waals surface area contributed by atoms with Crippen molar-refractivity contribution in [2.24, 2.45) is 5.73 Å². The second-order valence-electron chi connectivity index (χ2n) is 2.92. The maximum Gasteiger partial charge on any atom is 0.0606 e. The van der Waals surface area contributed by atoms with E-state index in [9.17, 15) is 0 Å². The Morgan fingerprint density at radius 3 is 2.11 bits per heavy atom. The fourth-order valence-electron chi connectivity index (χ4n) is 1.15. The van der Waals surface area contributed by atoms with Crippen LogP contribution >= 0.6 is 12.4 Å². The van der Waals surface area contributed by atoms with Gasteiger partial charge in [0.15, 0.2) is 0 Å². The molecule has 0 atom stereocenters. The Morgan fingerprint density at radius 1 is 1.56 bits per heavy atom. The lowest BCUT2D eigenvalue weighted by Gasteiger charge is -2.41. The van der Waals surface area contributed by atoms with Gasteiger partial charge in [0.25, 0.3) is 0 Å². The van der Waals surface area contributed by atoms with Crippen molar-refractivity contribution in [3.05, 3.63) is 0 Å². The number of methoxy groups -OCH3 is 1. The minimum Gasteiger partial charge on any atom is -0.381 e. The molecule has 0 radical (unpaired) electrons. The van der Waals surface area contributed by atoms with Gasteiger partial charge in [-0.3, -0.25) is 0 Å². The molecule has 1 saturated carbocycles. The van der Waals surface area contributed by atoms with Crippen molar-refractivity contribution >= 4 is 12.4 Å². The summed E-state index contributed by atoms with van der Waals surface area (Å²) in [5.74, 6) is 0. The fourth-order valence-corrected chi connectivity index (χ4v) is 1.15. The minimum atomic E-state index is 0. The fraction of sp³-hybridized carbons (Fsp3) is 1.00. The Bertz CT molecular complexity index is 87.1. The van der Waals surface area contributed by atoms with Gasteiger partial charge >= 0.3 is 0 Å². The van der Waals surface area contributed by atoms with E-state index in [2.05, 4.69) is 6.92 Å². The van der Waals surface area contributed by atoms with Crippen molar-refractivity contribution in [1.82, 2.24) is 0 Å². The summed E-state index contributed by atoms with van der Waals surface area (Å²) in [4.78, 5) is 0. The quantitative estimate of drug-likeness (QED) is 0.606. The average Bonchev–Trinajstić information content (AvgIpc) is 1.60. The summed E-state index contributed by atoms with van der Waals surface area (Å²) in [5.41, 5.74) is 5.78. The second-order valence-corrected chi connectivity index (χ2v) is 2.92. The number of halogens is 1. The number of hydrogen-bond donors (Lipinski definition) is 1.